The summed E-state index contributed by atoms with van der Waals surface area (Å²) in [5.41, 5.74) is 2.62. The number of thioether (sulfide) groups is 2. The molecule has 0 saturated carbocycles. The number of rotatable bonds is 6. The van der Waals surface area contributed by atoms with Gasteiger partial charge < -0.3 is 5.32 Å². The molecule has 1 heterocycles. The van der Waals surface area contributed by atoms with E-state index in [0.29, 0.717) is 18.2 Å². The molecule has 1 aromatic rings. The molecule has 1 aromatic carbocycles. The largest absolute Gasteiger partial charge is 0.355 e. The van der Waals surface area contributed by atoms with Crippen molar-refractivity contribution in [3.05, 3.63) is 35.4 Å². The zero-order chi connectivity index (χ0) is 15.1. The highest BCUT2D eigenvalue weighted by Crippen LogP contribution is 2.21. The molecule has 0 spiro atoms. The number of nitrogens with zero attached hydrogens (tertiary/aromatic N) is 1. The van der Waals surface area contributed by atoms with Crippen LogP contribution in [-0.4, -0.2) is 34.9 Å². The fourth-order valence-corrected chi connectivity index (χ4v) is 3.84. The Kier molecular flexibility index (Phi) is 6.64. The predicted octanol–water partition coefficient (Wildman–Crippen LogP) is 3.30. The van der Waals surface area contributed by atoms with Gasteiger partial charge in [0.1, 0.15) is 4.38 Å². The Morgan fingerprint density at radius 2 is 2.14 bits per heavy atom. The van der Waals surface area contributed by atoms with Crippen LogP contribution in [0.15, 0.2) is 29.3 Å². The number of carbonyl (C=O) groups is 1. The monoisotopic (exact) mass is 322 g/mol. The Balaban J connectivity index is 1.65. The molecule has 1 aliphatic rings. The summed E-state index contributed by atoms with van der Waals surface area (Å²) in [6, 6.07) is 8.65. The van der Waals surface area contributed by atoms with E-state index >= 15 is 0 Å². The van der Waals surface area contributed by atoms with Crippen molar-refractivity contribution in [2.24, 2.45) is 4.99 Å². The van der Waals surface area contributed by atoms with Crippen molar-refractivity contribution in [2.45, 2.75) is 26.2 Å². The van der Waals surface area contributed by atoms with Crippen LogP contribution in [0.2, 0.25) is 0 Å². The number of nitrogens with one attached hydrogen (secondary N) is 1. The van der Waals surface area contributed by atoms with Gasteiger partial charge in [-0.15, -0.1) is 0 Å². The summed E-state index contributed by atoms with van der Waals surface area (Å²) in [6.07, 6.45) is 0.879. The minimum atomic E-state index is 0.0917. The highest BCUT2D eigenvalue weighted by molar-refractivity contribution is 8.39. The van der Waals surface area contributed by atoms with E-state index in [0.717, 1.165) is 23.1 Å². The van der Waals surface area contributed by atoms with Gasteiger partial charge in [-0.25, -0.2) is 0 Å². The van der Waals surface area contributed by atoms with Gasteiger partial charge in [0.05, 0.1) is 12.3 Å². The standard InChI is InChI=1S/C16H22N2OS2/c1-12(2)14-5-3-13(4-6-14)7-8-17-15(19)11-21-16-18-9-10-20-16/h3-6,12H,7-11H2,1-2H3,(H,17,19). The molecule has 0 bridgehead atoms. The lowest BCUT2D eigenvalue weighted by Gasteiger charge is -2.08. The van der Waals surface area contributed by atoms with Crippen LogP contribution in [0.5, 0.6) is 0 Å². The minimum Gasteiger partial charge on any atom is -0.355 e. The van der Waals surface area contributed by atoms with Crippen LogP contribution >= 0.6 is 23.5 Å². The Hall–Kier alpha value is -0.940. The van der Waals surface area contributed by atoms with Gasteiger partial charge in [-0.3, -0.25) is 9.79 Å². The number of hydrogen-bond acceptors (Lipinski definition) is 4. The van der Waals surface area contributed by atoms with Gasteiger partial charge in [0.2, 0.25) is 5.91 Å². The van der Waals surface area contributed by atoms with Gasteiger partial charge in [-0.2, -0.15) is 0 Å². The van der Waals surface area contributed by atoms with Gasteiger partial charge in [0.25, 0.3) is 0 Å². The Bertz CT molecular complexity index is 498. The molecule has 1 aliphatic heterocycles. The quantitative estimate of drug-likeness (QED) is 0.873. The molecule has 1 amide bonds. The van der Waals surface area contributed by atoms with Gasteiger partial charge in [0.15, 0.2) is 0 Å². The van der Waals surface area contributed by atoms with E-state index < -0.39 is 0 Å². The van der Waals surface area contributed by atoms with E-state index in [4.69, 9.17) is 0 Å². The van der Waals surface area contributed by atoms with Crippen LogP contribution in [0.1, 0.15) is 30.9 Å². The normalized spacial score (nSPS) is 14.3. The van der Waals surface area contributed by atoms with E-state index in [1.165, 1.54) is 11.1 Å². The van der Waals surface area contributed by atoms with Crippen LogP contribution in [0.25, 0.3) is 0 Å². The van der Waals surface area contributed by atoms with E-state index in [9.17, 15) is 4.79 Å². The molecule has 0 radical (unpaired) electrons. The van der Waals surface area contributed by atoms with Gasteiger partial charge in [0, 0.05) is 12.3 Å². The third-order valence-electron chi connectivity index (χ3n) is 3.27. The highest BCUT2D eigenvalue weighted by atomic mass is 32.2. The summed E-state index contributed by atoms with van der Waals surface area (Å²) in [4.78, 5) is 16.1. The Morgan fingerprint density at radius 1 is 1.38 bits per heavy atom. The first-order valence-corrected chi connectivity index (χ1v) is 9.28. The van der Waals surface area contributed by atoms with Crippen molar-refractivity contribution in [1.29, 1.82) is 0 Å². The molecule has 5 heteroatoms. The molecule has 1 N–H and O–H groups in total. The number of hydrogen-bond donors (Lipinski definition) is 1. The molecule has 0 unspecified atom stereocenters. The van der Waals surface area contributed by atoms with Crippen molar-refractivity contribution in [1.82, 2.24) is 5.32 Å². The Labute approximate surface area is 135 Å². The minimum absolute atomic E-state index is 0.0917. The van der Waals surface area contributed by atoms with Crippen LogP contribution < -0.4 is 5.32 Å². The van der Waals surface area contributed by atoms with E-state index in [1.54, 1.807) is 23.5 Å². The highest BCUT2D eigenvalue weighted by Gasteiger charge is 2.10. The van der Waals surface area contributed by atoms with Crippen LogP contribution in [-0.2, 0) is 11.2 Å². The number of benzene rings is 1. The lowest BCUT2D eigenvalue weighted by molar-refractivity contribution is -0.118. The molecular weight excluding hydrogens is 300 g/mol. The molecule has 0 saturated heterocycles. The first-order valence-electron chi connectivity index (χ1n) is 7.30. The zero-order valence-electron chi connectivity index (χ0n) is 12.6. The second-order valence-corrected chi connectivity index (χ2v) is 7.59. The third kappa shape index (κ3) is 5.75. The SMILES string of the molecule is CC(C)c1ccc(CCNC(=O)CSC2=NCCS2)cc1. The van der Waals surface area contributed by atoms with E-state index in [-0.39, 0.29) is 5.91 Å². The van der Waals surface area contributed by atoms with Gasteiger partial charge in [-0.05, 0) is 23.5 Å². The summed E-state index contributed by atoms with van der Waals surface area (Å²) in [5, 5.41) is 2.97. The molecule has 0 aliphatic carbocycles. The number of amides is 1. The first kappa shape index (κ1) is 16.4. The molecule has 114 valence electrons. The summed E-state index contributed by atoms with van der Waals surface area (Å²) in [7, 11) is 0. The number of aliphatic imine (C=N–C) groups is 1. The third-order valence-corrected chi connectivity index (χ3v) is 5.52. The van der Waals surface area contributed by atoms with Gasteiger partial charge >= 0.3 is 0 Å². The molecule has 0 atom stereocenters. The lowest BCUT2D eigenvalue weighted by Crippen LogP contribution is -2.27. The molecule has 0 aromatic heterocycles. The molecule has 0 fully saturated rings. The summed E-state index contributed by atoms with van der Waals surface area (Å²) >= 11 is 3.29. The molecule has 3 nitrogen and oxygen atoms in total. The van der Waals surface area contributed by atoms with Crippen LogP contribution in [0.4, 0.5) is 0 Å². The van der Waals surface area contributed by atoms with E-state index in [1.807, 2.05) is 0 Å². The maximum atomic E-state index is 11.7. The van der Waals surface area contributed by atoms with Crippen molar-refractivity contribution < 1.29 is 4.79 Å². The summed E-state index contributed by atoms with van der Waals surface area (Å²) < 4.78 is 1.05. The number of carbonyl (C=O) groups excluding carboxylic acids is 1. The second-order valence-electron chi connectivity index (χ2n) is 5.28. The van der Waals surface area contributed by atoms with Crippen molar-refractivity contribution in [2.75, 3.05) is 24.6 Å². The summed E-state index contributed by atoms with van der Waals surface area (Å²) in [6.45, 7) is 5.97. The topological polar surface area (TPSA) is 41.5 Å². The smallest absolute Gasteiger partial charge is 0.230 e. The van der Waals surface area contributed by atoms with Crippen molar-refractivity contribution >= 4 is 33.8 Å². The first-order chi connectivity index (χ1) is 10.1. The molecule has 21 heavy (non-hydrogen) atoms. The van der Waals surface area contributed by atoms with Crippen LogP contribution in [0, 0.1) is 0 Å². The van der Waals surface area contributed by atoms with Crippen LogP contribution in [0.3, 0.4) is 0 Å². The van der Waals surface area contributed by atoms with Gasteiger partial charge in [-0.1, -0.05) is 61.6 Å². The second kappa shape index (κ2) is 8.49. The van der Waals surface area contributed by atoms with Crippen molar-refractivity contribution in [3.8, 4) is 0 Å². The fraction of sp³-hybridized carbons (Fsp3) is 0.500. The average Bonchev–Trinajstić information content (AvgIpc) is 2.99. The summed E-state index contributed by atoms with van der Waals surface area (Å²) in [5.74, 6) is 2.18. The fourth-order valence-electron chi connectivity index (χ4n) is 2.00. The lowest BCUT2D eigenvalue weighted by atomic mass is 10.0. The predicted molar refractivity (Wildman–Crippen MR) is 94.5 cm³/mol. The average molecular weight is 322 g/mol. The van der Waals surface area contributed by atoms with E-state index in [2.05, 4.69) is 48.4 Å². The zero-order valence-corrected chi connectivity index (χ0v) is 14.2. The van der Waals surface area contributed by atoms with Crippen molar-refractivity contribution in [3.63, 3.8) is 0 Å². The maximum Gasteiger partial charge on any atom is 0.230 e. The maximum absolute atomic E-state index is 11.7. The Morgan fingerprint density at radius 3 is 2.76 bits per heavy atom. The molecule has 2 rings (SSSR count). The molecular formula is C16H22N2OS2.